The number of guanidine groups is 1. The number of H-pyrrole nitrogens is 1. The number of aromatic amines is 1. The highest BCUT2D eigenvalue weighted by atomic mass is 35.5. The molecule has 1 aromatic carbocycles. The molecule has 5 nitrogen and oxygen atoms in total. The van der Waals surface area contributed by atoms with E-state index in [4.69, 9.17) is 0 Å². The van der Waals surface area contributed by atoms with E-state index in [-0.39, 0.29) is 12.4 Å². The van der Waals surface area contributed by atoms with Crippen LogP contribution in [0, 0.1) is 6.92 Å². The minimum absolute atomic E-state index is 0. The molecule has 90 valence electrons. The number of hydrogen-bond donors (Lipinski definition) is 3. The Bertz CT molecular complexity index is 560. The average Bonchev–Trinajstić information content (AvgIpc) is 2.90. The molecule has 1 aliphatic heterocycles. The Morgan fingerprint density at radius 2 is 2.24 bits per heavy atom. The van der Waals surface area contributed by atoms with Crippen LogP contribution >= 0.6 is 12.4 Å². The van der Waals surface area contributed by atoms with Crippen LogP contribution < -0.4 is 10.6 Å². The van der Waals surface area contributed by atoms with E-state index in [0.717, 1.165) is 35.8 Å². The number of halogens is 1. The second-order valence-corrected chi connectivity index (χ2v) is 3.85. The molecule has 2 aromatic rings. The maximum Gasteiger partial charge on any atom is 0.197 e. The Balaban J connectivity index is 0.00000108. The molecular weight excluding hydrogens is 238 g/mol. The zero-order chi connectivity index (χ0) is 11.0. The average molecular weight is 252 g/mol. The van der Waals surface area contributed by atoms with Crippen LogP contribution in [0.1, 0.15) is 5.56 Å². The summed E-state index contributed by atoms with van der Waals surface area (Å²) in [4.78, 5) is 4.29. The minimum Gasteiger partial charge on any atom is -0.354 e. The zero-order valence-electron chi connectivity index (χ0n) is 9.45. The molecule has 1 aromatic heterocycles. The number of benzene rings is 1. The van der Waals surface area contributed by atoms with Crippen molar-refractivity contribution >= 4 is 35.1 Å². The third-order valence-corrected chi connectivity index (χ3v) is 2.71. The zero-order valence-corrected chi connectivity index (χ0v) is 10.3. The van der Waals surface area contributed by atoms with E-state index in [1.54, 1.807) is 0 Å². The monoisotopic (exact) mass is 251 g/mol. The van der Waals surface area contributed by atoms with Crippen LogP contribution in [-0.2, 0) is 0 Å². The summed E-state index contributed by atoms with van der Waals surface area (Å²) in [7, 11) is 0. The number of aryl methyl sites for hydroxylation is 1. The van der Waals surface area contributed by atoms with Gasteiger partial charge >= 0.3 is 0 Å². The lowest BCUT2D eigenvalue weighted by Gasteiger charge is -2.04. The number of hydrogen-bond acceptors (Lipinski definition) is 4. The van der Waals surface area contributed by atoms with Gasteiger partial charge in [0.2, 0.25) is 0 Å². The molecule has 6 heteroatoms. The van der Waals surface area contributed by atoms with Gasteiger partial charge in [-0.3, -0.25) is 10.1 Å². The minimum atomic E-state index is 0. The quantitative estimate of drug-likeness (QED) is 0.722. The molecule has 0 saturated carbocycles. The predicted octanol–water partition coefficient (Wildman–Crippen LogP) is 1.66. The Morgan fingerprint density at radius 1 is 1.35 bits per heavy atom. The van der Waals surface area contributed by atoms with Crippen molar-refractivity contribution in [1.29, 1.82) is 0 Å². The maximum absolute atomic E-state index is 4.29. The molecule has 0 radical (unpaired) electrons. The van der Waals surface area contributed by atoms with Crippen molar-refractivity contribution in [3.8, 4) is 0 Å². The fourth-order valence-electron chi connectivity index (χ4n) is 1.93. The first-order valence-electron chi connectivity index (χ1n) is 5.33. The molecule has 3 rings (SSSR count). The van der Waals surface area contributed by atoms with Gasteiger partial charge in [0.15, 0.2) is 11.8 Å². The third-order valence-electron chi connectivity index (χ3n) is 2.71. The van der Waals surface area contributed by atoms with Crippen molar-refractivity contribution in [2.24, 2.45) is 4.99 Å². The summed E-state index contributed by atoms with van der Waals surface area (Å²) in [5, 5.41) is 14.8. The van der Waals surface area contributed by atoms with Gasteiger partial charge in [-0.25, -0.2) is 0 Å². The lowest BCUT2D eigenvalue weighted by atomic mass is 10.1. The van der Waals surface area contributed by atoms with Crippen LogP contribution in [0.4, 0.5) is 5.82 Å². The molecule has 0 spiro atoms. The molecule has 1 aliphatic rings. The summed E-state index contributed by atoms with van der Waals surface area (Å²) < 4.78 is 0. The normalized spacial score (nSPS) is 14.1. The van der Waals surface area contributed by atoms with Crippen molar-refractivity contribution in [3.05, 3.63) is 23.8 Å². The second kappa shape index (κ2) is 4.63. The maximum atomic E-state index is 4.29. The van der Waals surface area contributed by atoms with Gasteiger partial charge in [-0.05, 0) is 18.6 Å². The van der Waals surface area contributed by atoms with Crippen molar-refractivity contribution in [3.63, 3.8) is 0 Å². The van der Waals surface area contributed by atoms with Gasteiger partial charge in [0.25, 0.3) is 0 Å². The van der Waals surface area contributed by atoms with Gasteiger partial charge in [0, 0.05) is 11.9 Å². The number of nitrogens with zero attached hydrogens (tertiary/aromatic N) is 2. The molecule has 0 unspecified atom stereocenters. The number of aromatic nitrogens is 2. The highest BCUT2D eigenvalue weighted by Gasteiger charge is 2.11. The molecular formula is C11H14ClN5. The largest absolute Gasteiger partial charge is 0.354 e. The summed E-state index contributed by atoms with van der Waals surface area (Å²) >= 11 is 0. The lowest BCUT2D eigenvalue weighted by Crippen LogP contribution is -2.26. The van der Waals surface area contributed by atoms with Gasteiger partial charge < -0.3 is 10.6 Å². The molecule has 0 atom stereocenters. The molecule has 0 bridgehead atoms. The van der Waals surface area contributed by atoms with E-state index in [2.05, 4.69) is 38.8 Å². The van der Waals surface area contributed by atoms with Gasteiger partial charge in [0.05, 0.1) is 12.1 Å². The van der Waals surface area contributed by atoms with Crippen molar-refractivity contribution in [2.45, 2.75) is 6.92 Å². The van der Waals surface area contributed by atoms with Gasteiger partial charge in [-0.15, -0.1) is 12.4 Å². The molecule has 0 aliphatic carbocycles. The molecule has 17 heavy (non-hydrogen) atoms. The smallest absolute Gasteiger partial charge is 0.197 e. The Morgan fingerprint density at radius 3 is 3.00 bits per heavy atom. The van der Waals surface area contributed by atoms with Crippen molar-refractivity contribution in [2.75, 3.05) is 18.4 Å². The van der Waals surface area contributed by atoms with Crippen molar-refractivity contribution < 1.29 is 0 Å². The Labute approximate surface area is 105 Å². The van der Waals surface area contributed by atoms with E-state index in [9.17, 15) is 0 Å². The fourth-order valence-corrected chi connectivity index (χ4v) is 1.93. The molecule has 0 saturated heterocycles. The number of fused-ring (bicyclic) bond motifs is 1. The summed E-state index contributed by atoms with van der Waals surface area (Å²) in [6, 6.07) is 6.11. The summed E-state index contributed by atoms with van der Waals surface area (Å²) in [5.74, 6) is 1.64. The van der Waals surface area contributed by atoms with Crippen LogP contribution in [-0.4, -0.2) is 29.2 Å². The molecule has 3 N–H and O–H groups in total. The molecule has 0 amide bonds. The van der Waals surface area contributed by atoms with E-state index in [0.29, 0.717) is 0 Å². The second-order valence-electron chi connectivity index (χ2n) is 3.85. The number of aliphatic imine (C=N–C) groups is 1. The number of rotatable bonds is 1. The van der Waals surface area contributed by atoms with E-state index < -0.39 is 0 Å². The van der Waals surface area contributed by atoms with Crippen LogP contribution in [0.5, 0.6) is 0 Å². The fraction of sp³-hybridized carbons (Fsp3) is 0.273. The van der Waals surface area contributed by atoms with Gasteiger partial charge in [0.1, 0.15) is 0 Å². The molecule has 0 fully saturated rings. The van der Waals surface area contributed by atoms with E-state index in [1.807, 2.05) is 12.1 Å². The van der Waals surface area contributed by atoms with Crippen LogP contribution in [0.3, 0.4) is 0 Å². The highest BCUT2D eigenvalue weighted by Crippen LogP contribution is 2.23. The van der Waals surface area contributed by atoms with Crippen molar-refractivity contribution in [1.82, 2.24) is 15.5 Å². The first kappa shape index (κ1) is 11.7. The summed E-state index contributed by atoms with van der Waals surface area (Å²) in [6.45, 7) is 3.79. The van der Waals surface area contributed by atoms with Crippen LogP contribution in [0.25, 0.3) is 10.9 Å². The van der Waals surface area contributed by atoms with E-state index >= 15 is 0 Å². The van der Waals surface area contributed by atoms with Crippen LogP contribution in [0.2, 0.25) is 0 Å². The first-order chi connectivity index (χ1) is 7.84. The summed E-state index contributed by atoms with van der Waals surface area (Å²) in [5.41, 5.74) is 2.24. The molecule has 2 heterocycles. The highest BCUT2D eigenvalue weighted by molar-refractivity contribution is 6.02. The van der Waals surface area contributed by atoms with Crippen LogP contribution in [0.15, 0.2) is 23.2 Å². The third kappa shape index (κ3) is 2.06. The topological polar surface area (TPSA) is 65.1 Å². The SMILES string of the molecule is Cc1cccc2[nH]nc(NC3=NCCN3)c12.Cl. The first-order valence-corrected chi connectivity index (χ1v) is 5.33. The number of nitrogens with one attached hydrogen (secondary N) is 3. The lowest BCUT2D eigenvalue weighted by molar-refractivity contribution is 0.958. The Kier molecular flexibility index (Phi) is 3.19. The number of anilines is 1. The van der Waals surface area contributed by atoms with E-state index in [1.165, 1.54) is 5.56 Å². The van der Waals surface area contributed by atoms with Gasteiger partial charge in [-0.2, -0.15) is 5.10 Å². The Hall–Kier alpha value is -1.75. The summed E-state index contributed by atoms with van der Waals surface area (Å²) in [6.07, 6.45) is 0. The predicted molar refractivity (Wildman–Crippen MR) is 72.0 cm³/mol. The van der Waals surface area contributed by atoms with Gasteiger partial charge in [-0.1, -0.05) is 12.1 Å². The standard InChI is InChI=1S/C11H13N5.ClH/c1-7-3-2-4-8-9(7)10(16-15-8)14-11-12-5-6-13-11;/h2-4H,5-6H2,1H3,(H3,12,13,14,15,16);1H.